The summed E-state index contributed by atoms with van der Waals surface area (Å²) in [7, 11) is 0. The Morgan fingerprint density at radius 3 is 2.74 bits per heavy atom. The van der Waals surface area contributed by atoms with Gasteiger partial charge < -0.3 is 10.1 Å². The van der Waals surface area contributed by atoms with Gasteiger partial charge in [-0.2, -0.15) is 10.2 Å². The number of rotatable bonds is 10. The Hall–Kier alpha value is -3.17. The molecule has 0 radical (unpaired) electrons. The number of ketones is 1. The highest BCUT2D eigenvalue weighted by Gasteiger charge is 2.47. The van der Waals surface area contributed by atoms with E-state index < -0.39 is 24.5 Å². The van der Waals surface area contributed by atoms with E-state index in [-0.39, 0.29) is 11.2 Å². The van der Waals surface area contributed by atoms with Crippen molar-refractivity contribution in [3.63, 3.8) is 0 Å². The van der Waals surface area contributed by atoms with Gasteiger partial charge in [0.2, 0.25) is 12.0 Å². The van der Waals surface area contributed by atoms with Gasteiger partial charge in [-0.1, -0.05) is 64.8 Å². The number of ether oxygens (including phenoxy) is 1. The van der Waals surface area contributed by atoms with E-state index in [1.54, 1.807) is 23.6 Å². The van der Waals surface area contributed by atoms with Crippen LogP contribution in [0.15, 0.2) is 54.0 Å². The van der Waals surface area contributed by atoms with E-state index in [0.29, 0.717) is 12.2 Å². The van der Waals surface area contributed by atoms with E-state index in [1.807, 2.05) is 51.3 Å². The molecule has 35 heavy (non-hydrogen) atoms. The molecule has 0 bridgehead atoms. The molecule has 1 aliphatic heterocycles. The van der Waals surface area contributed by atoms with Crippen LogP contribution in [0.3, 0.4) is 0 Å². The number of alkyl carbamates (subject to hydrolysis) is 1. The first-order chi connectivity index (χ1) is 16.8. The van der Waals surface area contributed by atoms with Crippen LogP contribution >= 0.6 is 11.3 Å². The Morgan fingerprint density at radius 2 is 2.09 bits per heavy atom. The number of hydrogen-bond donors (Lipinski definition) is 2. The van der Waals surface area contributed by atoms with Crippen LogP contribution in [0.1, 0.15) is 58.6 Å². The normalized spacial score (nSPS) is 17.0. The van der Waals surface area contributed by atoms with Gasteiger partial charge in [0.1, 0.15) is 6.10 Å². The molecule has 1 unspecified atom stereocenters. The SMILES string of the molecule is CCCC[C@H](NC(=O)O[C@H](c1cccc(-c2cccs2)c1)C(C)(C)C)C(=O)C1ON1c1ccn[nH]1. The van der Waals surface area contributed by atoms with Crippen LogP contribution in [0.5, 0.6) is 0 Å². The van der Waals surface area contributed by atoms with Crippen LogP contribution in [0.4, 0.5) is 10.6 Å². The van der Waals surface area contributed by atoms with Gasteiger partial charge in [0.15, 0.2) is 5.82 Å². The third-order valence-electron chi connectivity index (χ3n) is 5.84. The number of thiophene rings is 1. The number of hydroxylamine groups is 1. The maximum absolute atomic E-state index is 13.1. The summed E-state index contributed by atoms with van der Waals surface area (Å²) < 4.78 is 5.96. The van der Waals surface area contributed by atoms with Gasteiger partial charge >= 0.3 is 6.09 Å². The number of aromatic amines is 1. The summed E-state index contributed by atoms with van der Waals surface area (Å²) in [5.74, 6) is 0.385. The first-order valence-electron chi connectivity index (χ1n) is 11.9. The molecular weight excluding hydrogens is 464 g/mol. The molecule has 186 valence electrons. The Balaban J connectivity index is 1.47. The summed E-state index contributed by atoms with van der Waals surface area (Å²) in [6.07, 6.45) is 1.92. The van der Waals surface area contributed by atoms with E-state index in [4.69, 9.17) is 9.57 Å². The topological polar surface area (TPSA) is 99.6 Å². The molecule has 1 fully saturated rings. The van der Waals surface area contributed by atoms with Gasteiger partial charge in [-0.25, -0.2) is 9.63 Å². The summed E-state index contributed by atoms with van der Waals surface area (Å²) in [6.45, 7) is 8.13. The molecule has 1 aliphatic rings. The van der Waals surface area contributed by atoms with Crippen molar-refractivity contribution in [2.45, 2.75) is 65.3 Å². The van der Waals surface area contributed by atoms with Crippen LogP contribution < -0.4 is 10.4 Å². The number of H-pyrrole nitrogens is 1. The molecular formula is C26H32N4O4S. The third kappa shape index (κ3) is 6.10. The van der Waals surface area contributed by atoms with E-state index >= 15 is 0 Å². The van der Waals surface area contributed by atoms with E-state index in [2.05, 4.69) is 33.7 Å². The number of aromatic nitrogens is 2. The maximum Gasteiger partial charge on any atom is 0.408 e. The van der Waals surface area contributed by atoms with Crippen LogP contribution in [-0.4, -0.2) is 34.3 Å². The van der Waals surface area contributed by atoms with Crippen molar-refractivity contribution >= 4 is 29.0 Å². The van der Waals surface area contributed by atoms with E-state index in [0.717, 1.165) is 28.8 Å². The largest absolute Gasteiger partial charge is 0.441 e. The summed E-state index contributed by atoms with van der Waals surface area (Å²) >= 11 is 1.67. The first kappa shape index (κ1) is 24.9. The summed E-state index contributed by atoms with van der Waals surface area (Å²) in [5.41, 5.74) is 1.63. The minimum Gasteiger partial charge on any atom is -0.441 e. The number of unbranched alkanes of at least 4 members (excludes halogenated alkanes) is 1. The second kappa shape index (κ2) is 10.6. The number of carbonyl (C=O) groups excluding carboxylic acids is 2. The lowest BCUT2D eigenvalue weighted by Crippen LogP contribution is -2.44. The number of nitrogens with one attached hydrogen (secondary N) is 2. The predicted octanol–water partition coefficient (Wildman–Crippen LogP) is 5.86. The second-order valence-electron chi connectivity index (χ2n) is 9.72. The lowest BCUT2D eigenvalue weighted by Gasteiger charge is -2.31. The minimum absolute atomic E-state index is 0.211. The fourth-order valence-electron chi connectivity index (χ4n) is 3.99. The molecule has 3 atom stereocenters. The molecule has 1 saturated heterocycles. The second-order valence-corrected chi connectivity index (χ2v) is 10.7. The Bertz CT molecular complexity index is 1120. The van der Waals surface area contributed by atoms with Gasteiger partial charge in [0.25, 0.3) is 0 Å². The maximum atomic E-state index is 13.1. The average Bonchev–Trinajstić information content (AvgIpc) is 3.20. The lowest BCUT2D eigenvalue weighted by atomic mass is 9.84. The van der Waals surface area contributed by atoms with Crippen molar-refractivity contribution in [2.75, 3.05) is 5.06 Å². The van der Waals surface area contributed by atoms with Crippen LogP contribution in [-0.2, 0) is 14.4 Å². The minimum atomic E-state index is -0.751. The number of carbonyl (C=O) groups is 2. The van der Waals surface area contributed by atoms with Crippen molar-refractivity contribution < 1.29 is 19.2 Å². The third-order valence-corrected chi connectivity index (χ3v) is 6.75. The standard InChI is InChI=1S/C26H32N4O4S/c1-5-6-11-19(22(31)24-30(34-24)21-13-14-27-29-21)28-25(32)33-23(26(2,3)4)18-10-7-9-17(16-18)20-12-8-15-35-20/h7-10,12-16,19,23-24H,5-6,11H2,1-4H3,(H,27,29)(H,28,32)/t19-,23+,24?,30?/m0/s1. The molecule has 0 spiro atoms. The van der Waals surface area contributed by atoms with Crippen LogP contribution in [0, 0.1) is 5.41 Å². The Kier molecular flexibility index (Phi) is 7.57. The molecule has 0 aliphatic carbocycles. The highest BCUT2D eigenvalue weighted by molar-refractivity contribution is 7.13. The van der Waals surface area contributed by atoms with Crippen molar-refractivity contribution in [3.8, 4) is 10.4 Å². The molecule has 3 heterocycles. The highest BCUT2D eigenvalue weighted by Crippen LogP contribution is 2.38. The molecule has 4 rings (SSSR count). The molecule has 2 N–H and O–H groups in total. The molecule has 2 aromatic heterocycles. The van der Waals surface area contributed by atoms with Crippen LogP contribution in [0.25, 0.3) is 10.4 Å². The van der Waals surface area contributed by atoms with Gasteiger partial charge in [0, 0.05) is 16.4 Å². The zero-order chi connectivity index (χ0) is 25.0. The zero-order valence-electron chi connectivity index (χ0n) is 20.5. The predicted molar refractivity (Wildman–Crippen MR) is 136 cm³/mol. The monoisotopic (exact) mass is 496 g/mol. The van der Waals surface area contributed by atoms with E-state index in [9.17, 15) is 9.59 Å². The van der Waals surface area contributed by atoms with Crippen molar-refractivity contribution in [3.05, 3.63) is 59.6 Å². The number of Topliss-reactive ketones (excluding diaryl/α,β-unsaturated/α-hetero) is 1. The molecule has 1 aromatic carbocycles. The molecule has 8 nitrogen and oxygen atoms in total. The summed E-state index contributed by atoms with van der Waals surface area (Å²) in [6, 6.07) is 13.2. The average molecular weight is 497 g/mol. The number of nitrogens with zero attached hydrogens (tertiary/aromatic N) is 2. The van der Waals surface area contributed by atoms with Crippen molar-refractivity contribution in [1.82, 2.24) is 15.5 Å². The van der Waals surface area contributed by atoms with Gasteiger partial charge in [0.05, 0.1) is 12.2 Å². The summed E-state index contributed by atoms with van der Waals surface area (Å²) in [4.78, 5) is 32.8. The molecule has 1 amide bonds. The quantitative estimate of drug-likeness (QED) is 0.341. The number of hydrogen-bond acceptors (Lipinski definition) is 7. The Morgan fingerprint density at radius 1 is 1.26 bits per heavy atom. The first-order valence-corrected chi connectivity index (χ1v) is 12.8. The zero-order valence-corrected chi connectivity index (χ0v) is 21.3. The van der Waals surface area contributed by atoms with Crippen molar-refractivity contribution in [2.24, 2.45) is 5.41 Å². The highest BCUT2D eigenvalue weighted by atomic mass is 32.1. The fourth-order valence-corrected chi connectivity index (χ4v) is 4.72. The Labute approximate surface area is 209 Å². The summed E-state index contributed by atoms with van der Waals surface area (Å²) in [5, 5.41) is 13.0. The number of anilines is 1. The van der Waals surface area contributed by atoms with Crippen molar-refractivity contribution in [1.29, 1.82) is 0 Å². The van der Waals surface area contributed by atoms with Crippen LogP contribution in [0.2, 0.25) is 0 Å². The lowest BCUT2D eigenvalue weighted by molar-refractivity contribution is -0.122. The molecule has 9 heteroatoms. The fraction of sp³-hybridized carbons (Fsp3) is 0.423. The number of amides is 1. The number of benzene rings is 1. The molecule has 3 aromatic rings. The van der Waals surface area contributed by atoms with Gasteiger partial charge in [-0.15, -0.1) is 11.3 Å². The van der Waals surface area contributed by atoms with Gasteiger partial charge in [-0.3, -0.25) is 9.89 Å². The van der Waals surface area contributed by atoms with Gasteiger partial charge in [-0.05, 0) is 35.1 Å². The molecule has 0 saturated carbocycles. The van der Waals surface area contributed by atoms with E-state index in [1.165, 1.54) is 5.06 Å². The smallest absolute Gasteiger partial charge is 0.408 e.